The molecule has 124 valence electrons. The summed E-state index contributed by atoms with van der Waals surface area (Å²) in [5.74, 6) is -1.65. The molecule has 0 spiro atoms. The van der Waals surface area contributed by atoms with Crippen molar-refractivity contribution in [2.75, 3.05) is 25.5 Å². The van der Waals surface area contributed by atoms with E-state index in [1.54, 1.807) is 0 Å². The molecule has 1 atom stereocenters. The number of nitrogens with zero attached hydrogens (tertiary/aromatic N) is 2. The van der Waals surface area contributed by atoms with E-state index < -0.39 is 22.8 Å². The number of carboxylic acid groups (broad SMARTS) is 1. The number of hydrogen-bond donors (Lipinski definition) is 1. The largest absolute Gasteiger partial charge is 0.480 e. The second-order valence-electron chi connectivity index (χ2n) is 4.67. The number of morpholine rings is 1. The van der Waals surface area contributed by atoms with Crippen molar-refractivity contribution in [2.45, 2.75) is 10.9 Å². The molecule has 0 radical (unpaired) electrons. The van der Waals surface area contributed by atoms with Gasteiger partial charge in [-0.3, -0.25) is 14.9 Å². The molecule has 1 heterocycles. The Morgan fingerprint density at radius 2 is 2.26 bits per heavy atom. The summed E-state index contributed by atoms with van der Waals surface area (Å²) >= 11 is 6.71. The molecular formula is C13H13ClN2O6S. The second kappa shape index (κ2) is 7.62. The number of ether oxygens (including phenoxy) is 1. The average Bonchev–Trinajstić information content (AvgIpc) is 2.53. The summed E-state index contributed by atoms with van der Waals surface area (Å²) in [5, 5.41) is 20.3. The van der Waals surface area contributed by atoms with Crippen LogP contribution in [0.15, 0.2) is 23.1 Å². The maximum atomic E-state index is 12.2. The molecule has 1 fully saturated rings. The quantitative estimate of drug-likeness (QED) is 0.483. The van der Waals surface area contributed by atoms with Crippen molar-refractivity contribution in [3.8, 4) is 0 Å². The van der Waals surface area contributed by atoms with Crippen molar-refractivity contribution < 1.29 is 24.4 Å². The topological polar surface area (TPSA) is 110 Å². The van der Waals surface area contributed by atoms with E-state index in [1.165, 1.54) is 23.1 Å². The van der Waals surface area contributed by atoms with Crippen LogP contribution in [-0.2, 0) is 14.3 Å². The minimum absolute atomic E-state index is 0.0627. The first kappa shape index (κ1) is 17.5. The number of carboxylic acids is 1. The fraction of sp³-hybridized carbons (Fsp3) is 0.385. The third kappa shape index (κ3) is 4.34. The zero-order valence-electron chi connectivity index (χ0n) is 11.8. The molecular weight excluding hydrogens is 348 g/mol. The summed E-state index contributed by atoms with van der Waals surface area (Å²) in [6, 6.07) is 3.14. The molecule has 1 aliphatic heterocycles. The van der Waals surface area contributed by atoms with Gasteiger partial charge >= 0.3 is 5.97 Å². The van der Waals surface area contributed by atoms with E-state index >= 15 is 0 Å². The number of carbonyl (C=O) groups excluding carboxylic acids is 1. The van der Waals surface area contributed by atoms with Gasteiger partial charge in [-0.05, 0) is 12.1 Å². The van der Waals surface area contributed by atoms with E-state index in [9.17, 15) is 19.7 Å². The fourth-order valence-corrected chi connectivity index (χ4v) is 3.14. The standard InChI is InChI=1S/C13H13ClN2O6S/c14-8-1-2-11(9(5-8)16(20)21)23-7-12(17)15-3-4-22-6-10(15)13(18)19/h1-2,5,10H,3-4,6-7H2,(H,18,19). The molecule has 1 N–H and O–H groups in total. The Bertz CT molecular complexity index is 641. The first-order valence-electron chi connectivity index (χ1n) is 6.57. The van der Waals surface area contributed by atoms with Crippen molar-refractivity contribution in [3.63, 3.8) is 0 Å². The maximum absolute atomic E-state index is 12.2. The van der Waals surface area contributed by atoms with Crippen molar-refractivity contribution in [2.24, 2.45) is 0 Å². The van der Waals surface area contributed by atoms with Crippen LogP contribution >= 0.6 is 23.4 Å². The Morgan fingerprint density at radius 3 is 2.91 bits per heavy atom. The highest BCUT2D eigenvalue weighted by Crippen LogP contribution is 2.31. The molecule has 10 heteroatoms. The molecule has 23 heavy (non-hydrogen) atoms. The summed E-state index contributed by atoms with van der Waals surface area (Å²) in [6.07, 6.45) is 0. The molecule has 1 unspecified atom stereocenters. The number of thioether (sulfide) groups is 1. The monoisotopic (exact) mass is 360 g/mol. The summed E-state index contributed by atoms with van der Waals surface area (Å²) in [7, 11) is 0. The van der Waals surface area contributed by atoms with E-state index in [4.69, 9.17) is 21.4 Å². The Balaban J connectivity index is 2.07. The van der Waals surface area contributed by atoms with Crippen LogP contribution in [0, 0.1) is 10.1 Å². The first-order chi connectivity index (χ1) is 10.9. The zero-order chi connectivity index (χ0) is 17.0. The van der Waals surface area contributed by atoms with Crippen LogP contribution in [0.3, 0.4) is 0 Å². The molecule has 1 amide bonds. The highest BCUT2D eigenvalue weighted by atomic mass is 35.5. The molecule has 2 rings (SSSR count). The van der Waals surface area contributed by atoms with Gasteiger partial charge in [-0.2, -0.15) is 0 Å². The Morgan fingerprint density at radius 1 is 1.52 bits per heavy atom. The van der Waals surface area contributed by atoms with Crippen molar-refractivity contribution in [1.82, 2.24) is 4.90 Å². The SMILES string of the molecule is O=C(O)C1COCCN1C(=O)CSc1ccc(Cl)cc1[N+](=O)[O-]. The number of hydrogen-bond acceptors (Lipinski definition) is 6. The van der Waals surface area contributed by atoms with Crippen LogP contribution in [0.5, 0.6) is 0 Å². The number of nitro benzene ring substituents is 1. The molecule has 1 saturated heterocycles. The van der Waals surface area contributed by atoms with Crippen LogP contribution in [0.1, 0.15) is 0 Å². The van der Waals surface area contributed by atoms with Gasteiger partial charge < -0.3 is 14.7 Å². The number of carbonyl (C=O) groups is 2. The smallest absolute Gasteiger partial charge is 0.328 e. The minimum Gasteiger partial charge on any atom is -0.480 e. The van der Waals surface area contributed by atoms with Gasteiger partial charge in [0.25, 0.3) is 5.69 Å². The van der Waals surface area contributed by atoms with E-state index in [0.29, 0.717) is 4.90 Å². The third-order valence-corrected chi connectivity index (χ3v) is 4.49. The summed E-state index contributed by atoms with van der Waals surface area (Å²) in [5.41, 5.74) is -0.188. The summed E-state index contributed by atoms with van der Waals surface area (Å²) < 4.78 is 5.06. The third-order valence-electron chi connectivity index (χ3n) is 3.20. The molecule has 0 bridgehead atoms. The molecule has 0 aromatic heterocycles. The van der Waals surface area contributed by atoms with Gasteiger partial charge in [0.05, 0.1) is 28.8 Å². The van der Waals surface area contributed by atoms with E-state index in [2.05, 4.69) is 0 Å². The van der Waals surface area contributed by atoms with Gasteiger partial charge in [-0.1, -0.05) is 11.6 Å². The Kier molecular flexibility index (Phi) is 5.80. The van der Waals surface area contributed by atoms with Crippen LogP contribution in [0.25, 0.3) is 0 Å². The number of nitro groups is 1. The molecule has 1 aliphatic rings. The first-order valence-corrected chi connectivity index (χ1v) is 7.93. The van der Waals surface area contributed by atoms with Gasteiger partial charge in [0.1, 0.15) is 0 Å². The Labute approximate surface area is 140 Å². The predicted molar refractivity (Wildman–Crippen MR) is 82.8 cm³/mol. The van der Waals surface area contributed by atoms with Gasteiger partial charge in [-0.25, -0.2) is 4.79 Å². The normalized spacial score (nSPS) is 17.8. The Hall–Kier alpha value is -1.84. The summed E-state index contributed by atoms with van der Waals surface area (Å²) in [4.78, 5) is 35.3. The van der Waals surface area contributed by atoms with E-state index in [-0.39, 0.29) is 36.2 Å². The molecule has 1 aromatic rings. The number of rotatable bonds is 5. The van der Waals surface area contributed by atoms with Gasteiger partial charge in [0.15, 0.2) is 6.04 Å². The zero-order valence-corrected chi connectivity index (χ0v) is 13.4. The second-order valence-corrected chi connectivity index (χ2v) is 6.13. The highest BCUT2D eigenvalue weighted by Gasteiger charge is 2.32. The molecule has 0 aliphatic carbocycles. The van der Waals surface area contributed by atoms with E-state index in [1.807, 2.05) is 0 Å². The van der Waals surface area contributed by atoms with Crippen LogP contribution in [0.2, 0.25) is 5.02 Å². The van der Waals surface area contributed by atoms with Crippen molar-refractivity contribution in [1.29, 1.82) is 0 Å². The number of halogens is 1. The van der Waals surface area contributed by atoms with Crippen LogP contribution in [-0.4, -0.2) is 58.4 Å². The van der Waals surface area contributed by atoms with Crippen LogP contribution < -0.4 is 0 Å². The van der Waals surface area contributed by atoms with E-state index in [0.717, 1.165) is 11.8 Å². The lowest BCUT2D eigenvalue weighted by molar-refractivity contribution is -0.387. The lowest BCUT2D eigenvalue weighted by Gasteiger charge is -2.32. The maximum Gasteiger partial charge on any atom is 0.328 e. The lowest BCUT2D eigenvalue weighted by atomic mass is 10.2. The predicted octanol–water partition coefficient (Wildman–Crippen LogP) is 1.65. The summed E-state index contributed by atoms with van der Waals surface area (Å²) in [6.45, 7) is 0.382. The number of benzene rings is 1. The molecule has 1 aromatic carbocycles. The van der Waals surface area contributed by atoms with Crippen molar-refractivity contribution >= 4 is 40.9 Å². The minimum atomic E-state index is -1.14. The highest BCUT2D eigenvalue weighted by molar-refractivity contribution is 8.00. The molecule has 0 saturated carbocycles. The molecule has 8 nitrogen and oxygen atoms in total. The van der Waals surface area contributed by atoms with Gasteiger partial charge in [0, 0.05) is 17.6 Å². The van der Waals surface area contributed by atoms with Gasteiger partial charge in [-0.15, -0.1) is 11.8 Å². The number of amides is 1. The average molecular weight is 361 g/mol. The lowest BCUT2D eigenvalue weighted by Crippen LogP contribution is -2.53. The van der Waals surface area contributed by atoms with Gasteiger partial charge in [0.2, 0.25) is 5.91 Å². The fourth-order valence-electron chi connectivity index (χ4n) is 2.08. The van der Waals surface area contributed by atoms with Crippen LogP contribution in [0.4, 0.5) is 5.69 Å². The van der Waals surface area contributed by atoms with Crippen molar-refractivity contribution in [3.05, 3.63) is 33.3 Å². The number of aliphatic carboxylic acids is 1.